The minimum absolute atomic E-state index is 0.171. The first-order valence-electron chi connectivity index (χ1n) is 7.58. The molecule has 0 radical (unpaired) electrons. The van der Waals surface area contributed by atoms with E-state index in [9.17, 15) is 0 Å². The number of thiocarbonyl (C=S) groups is 1. The predicted octanol–water partition coefficient (Wildman–Crippen LogP) is 4.97. The van der Waals surface area contributed by atoms with Gasteiger partial charge in [-0.05, 0) is 80.7 Å². The van der Waals surface area contributed by atoms with Gasteiger partial charge in [-0.2, -0.15) is 0 Å². The zero-order chi connectivity index (χ0) is 16.3. The van der Waals surface area contributed by atoms with Crippen LogP contribution in [0.3, 0.4) is 0 Å². The van der Waals surface area contributed by atoms with Gasteiger partial charge in [0.25, 0.3) is 0 Å². The maximum atomic E-state index is 5.45. The van der Waals surface area contributed by atoms with Gasteiger partial charge in [-0.1, -0.05) is 30.3 Å². The van der Waals surface area contributed by atoms with Crippen LogP contribution in [0.1, 0.15) is 40.8 Å². The second-order valence-electron chi connectivity index (χ2n) is 5.98. The minimum Gasteiger partial charge on any atom is -0.356 e. The van der Waals surface area contributed by atoms with Crippen molar-refractivity contribution in [2.75, 3.05) is 5.32 Å². The van der Waals surface area contributed by atoms with Crippen molar-refractivity contribution in [3.63, 3.8) is 0 Å². The largest absolute Gasteiger partial charge is 0.356 e. The van der Waals surface area contributed by atoms with Crippen molar-refractivity contribution in [1.29, 1.82) is 0 Å². The van der Waals surface area contributed by atoms with Gasteiger partial charge in [0.2, 0.25) is 0 Å². The number of rotatable bonds is 3. The molecule has 2 nitrogen and oxygen atoms in total. The SMILES string of the molecule is Cc1ccc(C)c(NC(=S)N[C@@H](C)c2ccc(C)c(C)c2)c1. The van der Waals surface area contributed by atoms with Gasteiger partial charge in [0.15, 0.2) is 5.11 Å². The molecule has 0 saturated heterocycles. The summed E-state index contributed by atoms with van der Waals surface area (Å²) in [6, 6.07) is 13.0. The predicted molar refractivity (Wildman–Crippen MR) is 99.6 cm³/mol. The van der Waals surface area contributed by atoms with Crippen LogP contribution in [0.2, 0.25) is 0 Å². The smallest absolute Gasteiger partial charge is 0.171 e. The van der Waals surface area contributed by atoms with Crippen molar-refractivity contribution in [3.8, 4) is 0 Å². The first-order chi connectivity index (χ1) is 10.4. The number of benzene rings is 2. The molecule has 0 saturated carbocycles. The van der Waals surface area contributed by atoms with Crippen molar-refractivity contribution < 1.29 is 0 Å². The van der Waals surface area contributed by atoms with Crippen LogP contribution in [-0.4, -0.2) is 5.11 Å². The van der Waals surface area contributed by atoms with Gasteiger partial charge in [-0.3, -0.25) is 0 Å². The summed E-state index contributed by atoms with van der Waals surface area (Å²) in [6.07, 6.45) is 0. The molecule has 0 bridgehead atoms. The van der Waals surface area contributed by atoms with E-state index in [1.807, 2.05) is 0 Å². The molecule has 2 N–H and O–H groups in total. The third-order valence-electron chi connectivity index (χ3n) is 4.02. The molecule has 0 fully saturated rings. The molecule has 2 aromatic carbocycles. The fraction of sp³-hybridized carbons (Fsp3) is 0.316. The normalized spacial score (nSPS) is 11.9. The van der Waals surface area contributed by atoms with Crippen molar-refractivity contribution in [1.82, 2.24) is 5.32 Å². The molecule has 0 aliphatic rings. The number of nitrogens with one attached hydrogen (secondary N) is 2. The van der Waals surface area contributed by atoms with E-state index in [2.05, 4.69) is 81.7 Å². The van der Waals surface area contributed by atoms with Crippen molar-refractivity contribution in [2.45, 2.75) is 40.7 Å². The summed E-state index contributed by atoms with van der Waals surface area (Å²) in [5.74, 6) is 0. The first-order valence-corrected chi connectivity index (χ1v) is 7.99. The van der Waals surface area contributed by atoms with Crippen molar-refractivity contribution in [3.05, 3.63) is 64.2 Å². The molecule has 0 heterocycles. The van der Waals surface area contributed by atoms with Gasteiger partial charge >= 0.3 is 0 Å². The van der Waals surface area contributed by atoms with Crippen LogP contribution >= 0.6 is 12.2 Å². The molecule has 116 valence electrons. The Labute approximate surface area is 139 Å². The van der Waals surface area contributed by atoms with Crippen LogP contribution in [0.25, 0.3) is 0 Å². The molecule has 0 spiro atoms. The highest BCUT2D eigenvalue weighted by atomic mass is 32.1. The summed E-state index contributed by atoms with van der Waals surface area (Å²) in [5, 5.41) is 7.31. The highest BCUT2D eigenvalue weighted by molar-refractivity contribution is 7.80. The lowest BCUT2D eigenvalue weighted by Gasteiger charge is -2.19. The maximum Gasteiger partial charge on any atom is 0.171 e. The number of aryl methyl sites for hydroxylation is 4. The molecular formula is C19H24N2S. The lowest BCUT2D eigenvalue weighted by atomic mass is 10.0. The summed E-state index contributed by atoms with van der Waals surface area (Å²) in [6.45, 7) is 10.6. The van der Waals surface area contributed by atoms with Gasteiger partial charge in [0, 0.05) is 5.69 Å². The Hall–Kier alpha value is -1.87. The average Bonchev–Trinajstić information content (AvgIpc) is 2.45. The lowest BCUT2D eigenvalue weighted by Crippen LogP contribution is -2.31. The lowest BCUT2D eigenvalue weighted by molar-refractivity contribution is 0.721. The molecule has 0 aliphatic carbocycles. The molecule has 0 amide bonds. The molecule has 3 heteroatoms. The summed E-state index contributed by atoms with van der Waals surface area (Å²) in [4.78, 5) is 0. The summed E-state index contributed by atoms with van der Waals surface area (Å²) in [7, 11) is 0. The second kappa shape index (κ2) is 6.93. The molecule has 2 aromatic rings. The summed E-state index contributed by atoms with van der Waals surface area (Å²) >= 11 is 5.45. The van der Waals surface area contributed by atoms with Crippen LogP contribution in [0.15, 0.2) is 36.4 Å². The molecule has 2 rings (SSSR count). The molecule has 22 heavy (non-hydrogen) atoms. The number of anilines is 1. The van der Waals surface area contributed by atoms with Gasteiger partial charge in [0.1, 0.15) is 0 Å². The van der Waals surface area contributed by atoms with E-state index in [4.69, 9.17) is 12.2 Å². The fourth-order valence-corrected chi connectivity index (χ4v) is 2.63. The van der Waals surface area contributed by atoms with Gasteiger partial charge < -0.3 is 10.6 Å². The molecule has 0 aromatic heterocycles. The third-order valence-corrected chi connectivity index (χ3v) is 4.24. The molecule has 0 unspecified atom stereocenters. The molecule has 1 atom stereocenters. The Morgan fingerprint density at radius 2 is 1.59 bits per heavy atom. The second-order valence-corrected chi connectivity index (χ2v) is 6.39. The standard InChI is InChI=1S/C19H24N2S/c1-12-6-7-14(3)18(10-12)21-19(22)20-16(5)17-9-8-13(2)15(4)11-17/h6-11,16H,1-5H3,(H2,20,21,22)/t16-/m0/s1. The monoisotopic (exact) mass is 312 g/mol. The van der Waals surface area contributed by atoms with E-state index in [-0.39, 0.29) is 6.04 Å². The number of hydrogen-bond donors (Lipinski definition) is 2. The first kappa shape index (κ1) is 16.5. The van der Waals surface area contributed by atoms with Gasteiger partial charge in [-0.25, -0.2) is 0 Å². The molecular weight excluding hydrogens is 288 g/mol. The van der Waals surface area contributed by atoms with E-state index >= 15 is 0 Å². The zero-order valence-corrected chi connectivity index (χ0v) is 14.8. The maximum absolute atomic E-state index is 5.45. The Morgan fingerprint density at radius 3 is 2.27 bits per heavy atom. The third kappa shape index (κ3) is 4.08. The quantitative estimate of drug-likeness (QED) is 0.783. The van der Waals surface area contributed by atoms with Gasteiger partial charge in [-0.15, -0.1) is 0 Å². The van der Waals surface area contributed by atoms with Crippen molar-refractivity contribution >= 4 is 23.0 Å². The molecule has 0 aliphatic heterocycles. The van der Waals surface area contributed by atoms with Crippen molar-refractivity contribution in [2.24, 2.45) is 0 Å². The Morgan fingerprint density at radius 1 is 0.909 bits per heavy atom. The van der Waals surface area contributed by atoms with Crippen LogP contribution < -0.4 is 10.6 Å². The van der Waals surface area contributed by atoms with E-state index < -0.39 is 0 Å². The Bertz CT molecular complexity index is 692. The van der Waals surface area contributed by atoms with Crippen LogP contribution in [-0.2, 0) is 0 Å². The highest BCUT2D eigenvalue weighted by Gasteiger charge is 2.09. The summed E-state index contributed by atoms with van der Waals surface area (Å²) < 4.78 is 0. The van der Waals surface area contributed by atoms with Gasteiger partial charge in [0.05, 0.1) is 6.04 Å². The van der Waals surface area contributed by atoms with E-state index in [0.717, 1.165) is 5.69 Å². The topological polar surface area (TPSA) is 24.1 Å². The van der Waals surface area contributed by atoms with Crippen LogP contribution in [0, 0.1) is 27.7 Å². The summed E-state index contributed by atoms with van der Waals surface area (Å²) in [5.41, 5.74) is 7.33. The fourth-order valence-electron chi connectivity index (χ4n) is 2.34. The highest BCUT2D eigenvalue weighted by Crippen LogP contribution is 2.19. The number of hydrogen-bond acceptors (Lipinski definition) is 1. The van der Waals surface area contributed by atoms with E-state index in [1.54, 1.807) is 0 Å². The minimum atomic E-state index is 0.171. The Balaban J connectivity index is 2.04. The average molecular weight is 312 g/mol. The zero-order valence-electron chi connectivity index (χ0n) is 13.9. The Kier molecular flexibility index (Phi) is 5.19. The van der Waals surface area contributed by atoms with E-state index in [1.165, 1.54) is 27.8 Å². The van der Waals surface area contributed by atoms with Crippen LogP contribution in [0.5, 0.6) is 0 Å². The van der Waals surface area contributed by atoms with Crippen LogP contribution in [0.4, 0.5) is 5.69 Å². The van der Waals surface area contributed by atoms with E-state index in [0.29, 0.717) is 5.11 Å².